The van der Waals surface area contributed by atoms with Gasteiger partial charge in [0.25, 0.3) is 0 Å². The summed E-state index contributed by atoms with van der Waals surface area (Å²) in [6.45, 7) is 4.15. The molecule has 7 heteroatoms. The highest BCUT2D eigenvalue weighted by molar-refractivity contribution is 5.91. The number of methoxy groups -OCH3 is 1. The SMILES string of the molecule is COC(=O)[C@@H]1CC(O)C(=O)C2C3(C)CCOC(=O)[C@@H]3CC[C@]21C.c1ccoc1. The summed E-state index contributed by atoms with van der Waals surface area (Å²) in [5, 5.41) is 10.2. The van der Waals surface area contributed by atoms with Gasteiger partial charge < -0.3 is 19.0 Å². The Labute approximate surface area is 164 Å². The lowest BCUT2D eigenvalue weighted by Gasteiger charge is -2.60. The first-order chi connectivity index (χ1) is 13.3. The molecule has 1 saturated heterocycles. The average Bonchev–Trinajstić information content (AvgIpc) is 3.23. The molecule has 1 aliphatic heterocycles. The molecule has 3 aliphatic rings. The molecule has 6 atom stereocenters. The van der Waals surface area contributed by atoms with Crippen molar-refractivity contribution in [2.75, 3.05) is 13.7 Å². The van der Waals surface area contributed by atoms with Crippen LogP contribution in [0.25, 0.3) is 0 Å². The topological polar surface area (TPSA) is 103 Å². The van der Waals surface area contributed by atoms with Gasteiger partial charge >= 0.3 is 11.9 Å². The maximum atomic E-state index is 12.8. The Hall–Kier alpha value is -2.15. The van der Waals surface area contributed by atoms with Crippen LogP contribution in [0.3, 0.4) is 0 Å². The molecular formula is C21H28O7. The predicted molar refractivity (Wildman–Crippen MR) is 97.8 cm³/mol. The number of Topliss-reactive ketones (excluding diaryl/α,β-unsaturated/α-hetero) is 1. The van der Waals surface area contributed by atoms with E-state index in [4.69, 9.17) is 9.47 Å². The Kier molecular flexibility index (Phi) is 5.66. The number of fused-ring (bicyclic) bond motifs is 3. The zero-order chi connectivity index (χ0) is 20.5. The first-order valence-corrected chi connectivity index (χ1v) is 9.69. The van der Waals surface area contributed by atoms with Crippen molar-refractivity contribution >= 4 is 17.7 Å². The molecule has 1 aromatic heterocycles. The molecule has 2 heterocycles. The van der Waals surface area contributed by atoms with E-state index in [9.17, 15) is 19.5 Å². The monoisotopic (exact) mass is 392 g/mol. The zero-order valence-corrected chi connectivity index (χ0v) is 16.6. The Bertz CT molecular complexity index is 710. The van der Waals surface area contributed by atoms with E-state index in [2.05, 4.69) is 4.42 Å². The molecule has 0 spiro atoms. The number of ether oxygens (including phenoxy) is 2. The predicted octanol–water partition coefficient (Wildman–Crippen LogP) is 2.37. The van der Waals surface area contributed by atoms with E-state index in [0.717, 1.165) is 0 Å². The van der Waals surface area contributed by atoms with E-state index in [1.807, 2.05) is 26.0 Å². The fraction of sp³-hybridized carbons (Fsp3) is 0.667. The highest BCUT2D eigenvalue weighted by atomic mass is 16.5. The van der Waals surface area contributed by atoms with Gasteiger partial charge in [0.05, 0.1) is 38.1 Å². The number of aliphatic hydroxyl groups excluding tert-OH is 1. The van der Waals surface area contributed by atoms with Crippen molar-refractivity contribution < 1.29 is 33.4 Å². The van der Waals surface area contributed by atoms with Crippen LogP contribution in [-0.2, 0) is 23.9 Å². The summed E-state index contributed by atoms with van der Waals surface area (Å²) < 4.78 is 14.7. The first-order valence-electron chi connectivity index (χ1n) is 9.69. The quantitative estimate of drug-likeness (QED) is 0.732. The van der Waals surface area contributed by atoms with Crippen molar-refractivity contribution in [2.24, 2.45) is 28.6 Å². The number of hydrogen-bond donors (Lipinski definition) is 1. The fourth-order valence-corrected chi connectivity index (χ4v) is 5.62. The molecule has 3 unspecified atom stereocenters. The van der Waals surface area contributed by atoms with Crippen molar-refractivity contribution in [2.45, 2.75) is 45.6 Å². The lowest BCUT2D eigenvalue weighted by Crippen LogP contribution is -2.64. The third kappa shape index (κ3) is 3.26. The number of aliphatic hydroxyl groups is 1. The second-order valence-electron chi connectivity index (χ2n) is 8.48. The maximum Gasteiger partial charge on any atom is 0.309 e. The van der Waals surface area contributed by atoms with E-state index >= 15 is 0 Å². The van der Waals surface area contributed by atoms with Crippen LogP contribution in [0.5, 0.6) is 0 Å². The van der Waals surface area contributed by atoms with Crippen LogP contribution in [0.2, 0.25) is 0 Å². The second kappa shape index (κ2) is 7.70. The third-order valence-electron chi connectivity index (χ3n) is 7.04. The molecule has 1 N–H and O–H groups in total. The van der Waals surface area contributed by atoms with Gasteiger partial charge in [-0.2, -0.15) is 0 Å². The third-order valence-corrected chi connectivity index (χ3v) is 7.04. The second-order valence-corrected chi connectivity index (χ2v) is 8.48. The molecule has 3 fully saturated rings. The summed E-state index contributed by atoms with van der Waals surface area (Å²) >= 11 is 0. The lowest BCUT2D eigenvalue weighted by atomic mass is 9.43. The number of carbonyl (C=O) groups is 3. The molecule has 0 radical (unpaired) electrons. The number of furan rings is 1. The number of rotatable bonds is 1. The van der Waals surface area contributed by atoms with Gasteiger partial charge in [0.1, 0.15) is 6.10 Å². The molecule has 4 rings (SSSR count). The van der Waals surface area contributed by atoms with Crippen molar-refractivity contribution in [1.29, 1.82) is 0 Å². The summed E-state index contributed by atoms with van der Waals surface area (Å²) in [5.74, 6) is -2.29. The van der Waals surface area contributed by atoms with E-state index in [0.29, 0.717) is 19.3 Å². The molecule has 2 saturated carbocycles. The molecule has 154 valence electrons. The Morgan fingerprint density at radius 3 is 2.43 bits per heavy atom. The molecule has 7 nitrogen and oxygen atoms in total. The van der Waals surface area contributed by atoms with Gasteiger partial charge in [-0.3, -0.25) is 14.4 Å². The molecule has 0 aromatic carbocycles. The molecular weight excluding hydrogens is 364 g/mol. The molecule has 0 bridgehead atoms. The van der Waals surface area contributed by atoms with Gasteiger partial charge in [0, 0.05) is 5.92 Å². The Morgan fingerprint density at radius 1 is 1.18 bits per heavy atom. The van der Waals surface area contributed by atoms with E-state index in [1.165, 1.54) is 7.11 Å². The van der Waals surface area contributed by atoms with Crippen molar-refractivity contribution in [3.63, 3.8) is 0 Å². The van der Waals surface area contributed by atoms with Crippen molar-refractivity contribution in [3.05, 3.63) is 24.7 Å². The molecule has 2 aliphatic carbocycles. The van der Waals surface area contributed by atoms with Gasteiger partial charge in [-0.15, -0.1) is 0 Å². The minimum absolute atomic E-state index is 0.101. The molecule has 0 amide bonds. The summed E-state index contributed by atoms with van der Waals surface area (Å²) in [7, 11) is 1.33. The van der Waals surface area contributed by atoms with Crippen LogP contribution in [0.15, 0.2) is 29.1 Å². The van der Waals surface area contributed by atoms with Crippen molar-refractivity contribution in [1.82, 2.24) is 0 Å². The van der Waals surface area contributed by atoms with Gasteiger partial charge in [-0.1, -0.05) is 13.8 Å². The van der Waals surface area contributed by atoms with Crippen LogP contribution < -0.4 is 0 Å². The van der Waals surface area contributed by atoms with E-state index in [-0.39, 0.29) is 36.7 Å². The van der Waals surface area contributed by atoms with E-state index < -0.39 is 28.8 Å². The fourth-order valence-electron chi connectivity index (χ4n) is 5.62. The normalized spacial score (nSPS) is 39.6. The first kappa shape index (κ1) is 20.6. The van der Waals surface area contributed by atoms with Gasteiger partial charge in [-0.25, -0.2) is 0 Å². The molecule has 28 heavy (non-hydrogen) atoms. The standard InChI is InChI=1S/C17H24O6.C4H4O/c1-16-5-4-9-15(21)23-7-6-17(9,2)13(16)12(19)11(18)8-10(16)14(20)22-3;1-2-4-5-3-1/h9-11,13,18H,4-8H2,1-3H3;1-4H/t9-,10-,11?,13?,16-,17?;/m0./s1. The van der Waals surface area contributed by atoms with Gasteiger partial charge in [0.15, 0.2) is 5.78 Å². The minimum atomic E-state index is -1.18. The highest BCUT2D eigenvalue weighted by Gasteiger charge is 2.66. The lowest BCUT2D eigenvalue weighted by molar-refractivity contribution is -0.199. The zero-order valence-electron chi connectivity index (χ0n) is 16.6. The van der Waals surface area contributed by atoms with Crippen LogP contribution in [0, 0.1) is 28.6 Å². The van der Waals surface area contributed by atoms with Gasteiger partial charge in [-0.05, 0) is 48.6 Å². The van der Waals surface area contributed by atoms with Crippen LogP contribution >= 0.6 is 0 Å². The van der Waals surface area contributed by atoms with Crippen LogP contribution in [0.1, 0.15) is 39.5 Å². The van der Waals surface area contributed by atoms with Crippen molar-refractivity contribution in [3.8, 4) is 0 Å². The Morgan fingerprint density at radius 2 is 1.86 bits per heavy atom. The summed E-state index contributed by atoms with van der Waals surface area (Å²) in [6.07, 6.45) is 3.93. The summed E-state index contributed by atoms with van der Waals surface area (Å²) in [4.78, 5) is 37.3. The number of carbonyl (C=O) groups excluding carboxylic acids is 3. The smallest absolute Gasteiger partial charge is 0.309 e. The highest BCUT2D eigenvalue weighted by Crippen LogP contribution is 2.63. The summed E-state index contributed by atoms with van der Waals surface area (Å²) in [6, 6.07) is 3.67. The minimum Gasteiger partial charge on any atom is -0.473 e. The number of cyclic esters (lactones) is 1. The largest absolute Gasteiger partial charge is 0.473 e. The average molecular weight is 392 g/mol. The van der Waals surface area contributed by atoms with Crippen LogP contribution in [0.4, 0.5) is 0 Å². The number of hydrogen-bond acceptors (Lipinski definition) is 7. The Balaban J connectivity index is 0.000000391. The van der Waals surface area contributed by atoms with E-state index in [1.54, 1.807) is 12.5 Å². The molecule has 1 aromatic rings. The number of ketones is 1. The summed E-state index contributed by atoms with van der Waals surface area (Å²) in [5.41, 5.74) is -1.17. The number of esters is 2. The van der Waals surface area contributed by atoms with Gasteiger partial charge in [0.2, 0.25) is 0 Å². The van der Waals surface area contributed by atoms with Crippen LogP contribution in [-0.4, -0.2) is 42.6 Å². The maximum absolute atomic E-state index is 12.8.